The molecule has 1 aliphatic heterocycles. The van der Waals surface area contributed by atoms with Crippen LogP contribution >= 0.6 is 0 Å². The van der Waals surface area contributed by atoms with E-state index in [4.69, 9.17) is 14.2 Å². The number of ether oxygens (including phenoxy) is 3. The predicted octanol–water partition coefficient (Wildman–Crippen LogP) is 3.57. The molecule has 7 heteroatoms. The molecule has 0 N–H and O–H groups in total. The summed E-state index contributed by atoms with van der Waals surface area (Å²) in [6.45, 7) is 6.70. The van der Waals surface area contributed by atoms with Gasteiger partial charge in [0, 0.05) is 19.0 Å². The van der Waals surface area contributed by atoms with Gasteiger partial charge in [0.15, 0.2) is 11.6 Å². The van der Waals surface area contributed by atoms with Crippen molar-refractivity contribution in [1.82, 2.24) is 4.90 Å². The molecule has 1 aromatic carbocycles. The largest absolute Gasteiger partial charge is 0.494 e. The lowest BCUT2D eigenvalue weighted by atomic mass is 9.99. The minimum atomic E-state index is -0.533. The second kappa shape index (κ2) is 7.97. The molecule has 2 aliphatic rings. The van der Waals surface area contributed by atoms with E-state index in [2.05, 4.69) is 0 Å². The molecule has 1 aromatic rings. The van der Waals surface area contributed by atoms with Gasteiger partial charge >= 0.3 is 12.1 Å². The van der Waals surface area contributed by atoms with Crippen LogP contribution in [0.1, 0.15) is 39.2 Å². The molecule has 0 spiro atoms. The van der Waals surface area contributed by atoms with Crippen LogP contribution in [0.4, 0.5) is 9.18 Å². The second-order valence-corrected chi connectivity index (χ2v) is 8.56. The second-order valence-electron chi connectivity index (χ2n) is 8.56. The van der Waals surface area contributed by atoms with Crippen LogP contribution in [0.2, 0.25) is 0 Å². The number of likely N-dealkylation sites (tertiary alicyclic amines) is 1. The Morgan fingerprint density at radius 2 is 1.96 bits per heavy atom. The van der Waals surface area contributed by atoms with Gasteiger partial charge in [-0.25, -0.2) is 9.18 Å². The monoisotopic (exact) mass is 393 g/mol. The fraction of sp³-hybridized carbons (Fsp3) is 0.619. The fourth-order valence-corrected chi connectivity index (χ4v) is 4.03. The van der Waals surface area contributed by atoms with Crippen molar-refractivity contribution in [2.75, 3.05) is 20.2 Å². The van der Waals surface area contributed by atoms with Crippen molar-refractivity contribution in [2.24, 2.45) is 11.8 Å². The Kier molecular flexibility index (Phi) is 5.82. The number of esters is 1. The topological polar surface area (TPSA) is 65.1 Å². The molecule has 2 fully saturated rings. The molecule has 0 bridgehead atoms. The van der Waals surface area contributed by atoms with E-state index in [1.165, 1.54) is 19.2 Å². The first kappa shape index (κ1) is 20.4. The van der Waals surface area contributed by atoms with Gasteiger partial charge in [0.1, 0.15) is 11.7 Å². The standard InChI is InChI=1S/C21H28FNO5/c1-21(2,3)28-20(25)23-11-14-6-8-17(15(14)12-23)27-19(24)10-13-5-7-18(26-4)16(22)9-13/h5,7,9,14-15,17H,6,8,10-12H2,1-4H3/t14-,15+,17-/m1/s1. The number of carbonyl (C=O) groups is 2. The van der Waals surface area contributed by atoms with Crippen LogP contribution in [0, 0.1) is 17.7 Å². The highest BCUT2D eigenvalue weighted by molar-refractivity contribution is 5.73. The first-order chi connectivity index (χ1) is 13.2. The van der Waals surface area contributed by atoms with E-state index in [0.29, 0.717) is 24.6 Å². The average molecular weight is 393 g/mol. The van der Waals surface area contributed by atoms with Gasteiger partial charge in [-0.1, -0.05) is 6.07 Å². The van der Waals surface area contributed by atoms with Gasteiger partial charge in [-0.15, -0.1) is 0 Å². The third kappa shape index (κ3) is 4.75. The van der Waals surface area contributed by atoms with Crippen LogP contribution in [-0.4, -0.2) is 48.9 Å². The van der Waals surface area contributed by atoms with Gasteiger partial charge in [0.25, 0.3) is 0 Å². The van der Waals surface area contributed by atoms with Gasteiger partial charge in [-0.3, -0.25) is 4.79 Å². The van der Waals surface area contributed by atoms with E-state index in [1.54, 1.807) is 11.0 Å². The third-order valence-electron chi connectivity index (χ3n) is 5.29. The maximum absolute atomic E-state index is 13.8. The van der Waals surface area contributed by atoms with Crippen molar-refractivity contribution in [3.8, 4) is 5.75 Å². The smallest absolute Gasteiger partial charge is 0.410 e. The van der Waals surface area contributed by atoms with Crippen molar-refractivity contribution >= 4 is 12.1 Å². The van der Waals surface area contributed by atoms with Crippen LogP contribution in [0.3, 0.4) is 0 Å². The molecule has 6 nitrogen and oxygen atoms in total. The number of fused-ring (bicyclic) bond motifs is 1. The van der Waals surface area contributed by atoms with Crippen LogP contribution in [0.25, 0.3) is 0 Å². The Balaban J connectivity index is 1.55. The minimum Gasteiger partial charge on any atom is -0.494 e. The number of hydrogen-bond acceptors (Lipinski definition) is 5. The SMILES string of the molecule is COc1ccc(CC(=O)O[C@@H]2CC[C@@H]3CN(C(=O)OC(C)(C)C)C[C@@H]32)cc1F. The molecule has 1 heterocycles. The van der Waals surface area contributed by atoms with Crippen molar-refractivity contribution in [2.45, 2.75) is 51.7 Å². The Bertz CT molecular complexity index is 745. The van der Waals surface area contributed by atoms with Gasteiger partial charge in [-0.05, 0) is 57.2 Å². The van der Waals surface area contributed by atoms with Crippen LogP contribution in [0.15, 0.2) is 18.2 Å². The van der Waals surface area contributed by atoms with Crippen LogP contribution < -0.4 is 4.74 Å². The number of halogens is 1. The summed E-state index contributed by atoms with van der Waals surface area (Å²) in [4.78, 5) is 26.3. The number of nitrogens with zero attached hydrogens (tertiary/aromatic N) is 1. The lowest BCUT2D eigenvalue weighted by Crippen LogP contribution is -2.37. The molecule has 0 radical (unpaired) electrons. The maximum Gasteiger partial charge on any atom is 0.410 e. The zero-order valence-corrected chi connectivity index (χ0v) is 16.9. The Labute approximate surface area is 164 Å². The summed E-state index contributed by atoms with van der Waals surface area (Å²) >= 11 is 0. The third-order valence-corrected chi connectivity index (χ3v) is 5.29. The summed E-state index contributed by atoms with van der Waals surface area (Å²) in [5.74, 6) is -0.291. The van der Waals surface area contributed by atoms with E-state index in [1.807, 2.05) is 20.8 Å². The normalized spacial score (nSPS) is 24.0. The van der Waals surface area contributed by atoms with E-state index in [9.17, 15) is 14.0 Å². The average Bonchev–Trinajstić information content (AvgIpc) is 3.15. The van der Waals surface area contributed by atoms with Crippen LogP contribution in [0.5, 0.6) is 5.75 Å². The molecule has 0 aromatic heterocycles. The quantitative estimate of drug-likeness (QED) is 0.732. The van der Waals surface area contributed by atoms with Crippen molar-refractivity contribution in [1.29, 1.82) is 0 Å². The molecule has 28 heavy (non-hydrogen) atoms. The molecule has 1 saturated carbocycles. The number of methoxy groups -OCH3 is 1. The lowest BCUT2D eigenvalue weighted by molar-refractivity contribution is -0.150. The first-order valence-corrected chi connectivity index (χ1v) is 9.66. The summed E-state index contributed by atoms with van der Waals surface area (Å²) in [6.07, 6.45) is 1.18. The zero-order valence-electron chi connectivity index (χ0n) is 16.9. The van der Waals surface area contributed by atoms with Gasteiger partial charge in [0.05, 0.1) is 13.5 Å². The van der Waals surface area contributed by atoms with Crippen LogP contribution in [-0.2, 0) is 20.7 Å². The summed E-state index contributed by atoms with van der Waals surface area (Å²) in [7, 11) is 1.39. The molecule has 1 amide bonds. The van der Waals surface area contributed by atoms with Gasteiger partial charge in [-0.2, -0.15) is 0 Å². The highest BCUT2D eigenvalue weighted by Crippen LogP contribution is 2.40. The zero-order chi connectivity index (χ0) is 20.5. The molecule has 0 unspecified atom stereocenters. The fourth-order valence-electron chi connectivity index (χ4n) is 4.03. The van der Waals surface area contributed by atoms with E-state index < -0.39 is 11.4 Å². The van der Waals surface area contributed by atoms with Gasteiger partial charge in [0.2, 0.25) is 0 Å². The highest BCUT2D eigenvalue weighted by atomic mass is 19.1. The number of amides is 1. The van der Waals surface area contributed by atoms with Gasteiger partial charge < -0.3 is 19.1 Å². The molecule has 1 aliphatic carbocycles. The highest BCUT2D eigenvalue weighted by Gasteiger charge is 2.46. The summed E-state index contributed by atoms with van der Waals surface area (Å²) in [5, 5.41) is 0. The van der Waals surface area contributed by atoms with Crippen molar-refractivity contribution in [3.63, 3.8) is 0 Å². The first-order valence-electron chi connectivity index (χ1n) is 9.66. The predicted molar refractivity (Wildman–Crippen MR) is 101 cm³/mol. The number of hydrogen-bond donors (Lipinski definition) is 0. The molecular weight excluding hydrogens is 365 g/mol. The molecule has 3 rings (SSSR count). The van der Waals surface area contributed by atoms with E-state index in [0.717, 1.165) is 12.8 Å². The maximum atomic E-state index is 13.8. The summed E-state index contributed by atoms with van der Waals surface area (Å²) < 4.78 is 29.8. The Morgan fingerprint density at radius 1 is 1.21 bits per heavy atom. The Morgan fingerprint density at radius 3 is 2.61 bits per heavy atom. The van der Waals surface area contributed by atoms with E-state index in [-0.39, 0.29) is 36.3 Å². The molecular formula is C21H28FNO5. The Hall–Kier alpha value is -2.31. The number of carbonyl (C=O) groups excluding carboxylic acids is 2. The molecule has 154 valence electrons. The number of rotatable bonds is 4. The van der Waals surface area contributed by atoms with Crippen molar-refractivity contribution < 1.29 is 28.2 Å². The van der Waals surface area contributed by atoms with E-state index >= 15 is 0 Å². The summed E-state index contributed by atoms with van der Waals surface area (Å²) in [5.41, 5.74) is 0.00790. The molecule has 1 saturated heterocycles. The lowest BCUT2D eigenvalue weighted by Gasteiger charge is -2.25. The summed E-state index contributed by atoms with van der Waals surface area (Å²) in [6, 6.07) is 4.44. The minimum absolute atomic E-state index is 0.00454. The number of benzene rings is 1. The molecule has 3 atom stereocenters. The van der Waals surface area contributed by atoms with Crippen molar-refractivity contribution in [3.05, 3.63) is 29.6 Å².